The summed E-state index contributed by atoms with van der Waals surface area (Å²) in [7, 11) is 0. The molecule has 6 heterocycles. The van der Waals surface area contributed by atoms with Gasteiger partial charge in [0.15, 0.2) is 0 Å². The zero-order valence-electron chi connectivity index (χ0n) is 52.6. The smallest absolute Gasteiger partial charge is 0.135 e. The third-order valence-corrected chi connectivity index (χ3v) is 17.1. The minimum atomic E-state index is 0. The molecule has 12 aromatic carbocycles. The van der Waals surface area contributed by atoms with Crippen molar-refractivity contribution in [1.29, 1.82) is 0 Å². The van der Waals surface area contributed by atoms with Gasteiger partial charge in [-0.1, -0.05) is 139 Å². The summed E-state index contributed by atoms with van der Waals surface area (Å²) in [6.07, 6.45) is 7.49. The van der Waals surface area contributed by atoms with Gasteiger partial charge in [-0.3, -0.25) is 4.98 Å². The summed E-state index contributed by atoms with van der Waals surface area (Å²) in [6.45, 7) is 6.42. The number of hydrogen-bond donors (Lipinski definition) is 0. The van der Waals surface area contributed by atoms with Gasteiger partial charge in [-0.2, -0.15) is 0 Å². The summed E-state index contributed by atoms with van der Waals surface area (Å²) < 4.78 is 13.2. The average molecular weight is 1770 g/mol. The fraction of sp³-hybridized carbons (Fsp3) is 0.0349. The van der Waals surface area contributed by atoms with Gasteiger partial charge in [0.25, 0.3) is 0 Å². The van der Waals surface area contributed by atoms with Crippen molar-refractivity contribution in [1.82, 2.24) is 28.7 Å². The van der Waals surface area contributed by atoms with Crippen molar-refractivity contribution in [2.75, 3.05) is 0 Å². The minimum Gasteiger partial charge on any atom is -0.456 e. The van der Waals surface area contributed by atoms with Crippen molar-refractivity contribution in [3.63, 3.8) is 0 Å². The van der Waals surface area contributed by atoms with E-state index in [1.165, 1.54) is 93.6 Å². The Bertz CT molecular complexity index is 5550. The van der Waals surface area contributed by atoms with Crippen molar-refractivity contribution < 1.29 is 64.7 Å². The Hall–Kier alpha value is -10.2. The number of fused-ring (bicyclic) bond motifs is 10. The van der Waals surface area contributed by atoms with Crippen molar-refractivity contribution in [2.24, 2.45) is 0 Å². The first kappa shape index (κ1) is 65.8. The Balaban J connectivity index is 0.000000142. The van der Waals surface area contributed by atoms with Gasteiger partial charge in [-0.25, -0.2) is 0 Å². The minimum absolute atomic E-state index is 0. The third kappa shape index (κ3) is 13.2. The van der Waals surface area contributed by atoms with Crippen molar-refractivity contribution in [3.05, 3.63) is 351 Å². The van der Waals surface area contributed by atoms with Crippen LogP contribution in [0.4, 0.5) is 0 Å². The SMILES string of the molecule is Cc1cc(C)c(-n2ccnc2-c2[c-]cccc2)c(C)c1.[Ir].[Ir].[Ir].[c-]1ccccc1-c1ccccn1.[c-]1ccccc1-c1nccc2ccccc12.c1ccc(-n2c3ccccc3c3cc(-c4ccc5oc6ccc(-n7c8ccccc8c8ccccc87)cc6c5c4)ccc32)cc1. The van der Waals surface area contributed by atoms with Crippen LogP contribution in [0.15, 0.2) is 320 Å². The van der Waals surface area contributed by atoms with Crippen molar-refractivity contribution in [3.8, 4) is 62.1 Å². The molecule has 0 spiro atoms. The number of para-hydroxylation sites is 4. The quantitative estimate of drug-likeness (QED) is 0.149. The maximum absolute atomic E-state index is 6.36. The summed E-state index contributed by atoms with van der Waals surface area (Å²) in [5.74, 6) is 0.931. The molecule has 3 radical (unpaired) electrons. The summed E-state index contributed by atoms with van der Waals surface area (Å²) in [5.41, 5.74) is 21.4. The zero-order valence-corrected chi connectivity index (χ0v) is 59.8. The maximum Gasteiger partial charge on any atom is 0.135 e. The Morgan fingerprint density at radius 3 is 1.48 bits per heavy atom. The molecule has 0 aliphatic heterocycles. The molecule has 10 heteroatoms. The first-order valence-electron chi connectivity index (χ1n) is 31.2. The second kappa shape index (κ2) is 29.6. The molecule has 0 amide bonds. The van der Waals surface area contributed by atoms with E-state index in [1.54, 1.807) is 6.20 Å². The Morgan fingerprint density at radius 2 is 0.854 bits per heavy atom. The van der Waals surface area contributed by atoms with E-state index in [-0.39, 0.29) is 60.3 Å². The molecule has 0 aliphatic carbocycles. The number of aryl methyl sites for hydroxylation is 3. The van der Waals surface area contributed by atoms with Crippen LogP contribution in [0.5, 0.6) is 0 Å². The predicted molar refractivity (Wildman–Crippen MR) is 384 cm³/mol. The van der Waals surface area contributed by atoms with Crippen LogP contribution in [0, 0.1) is 39.0 Å². The number of hydrogen-bond acceptors (Lipinski definition) is 4. The van der Waals surface area contributed by atoms with E-state index < -0.39 is 0 Å². The van der Waals surface area contributed by atoms with Gasteiger partial charge < -0.3 is 28.1 Å². The molecule has 0 saturated carbocycles. The Morgan fingerprint density at radius 1 is 0.344 bits per heavy atom. The number of benzene rings is 12. The maximum atomic E-state index is 6.36. The summed E-state index contributed by atoms with van der Waals surface area (Å²) in [6, 6.07) is 110. The van der Waals surface area contributed by atoms with Gasteiger partial charge in [-0.05, 0) is 150 Å². The standard InChI is InChI=1S/C42H26N2O.C18H17N2.C15H10N.C11H8N.3Ir/c1-2-10-29(11-3-1)43-39-17-9-6-14-33(39)34-24-27(18-21-40(34)43)28-19-22-41-35(25-28)36-26-30(20-23-42(36)45-41)44-37-15-7-4-12-31(37)32-13-5-8-16-38(32)44;1-13-11-14(2)17(15(3)12-13)20-10-9-19-18(20)16-7-5-4-6-8-16;1-2-7-13(8-3-1)15-14-9-5-4-6-12(14)10-11-16-15;1-2-6-10(7-3-1)11-8-4-5-9-12-11;;;/h1-26H;4-7,9-12H,1-3H3;1-7,9-11H;1-6,8-9H;;;/q;3*-1;;;. The van der Waals surface area contributed by atoms with E-state index in [2.05, 4.69) is 250 Å². The zero-order chi connectivity index (χ0) is 62.6. The van der Waals surface area contributed by atoms with Crippen LogP contribution in [0.2, 0.25) is 0 Å². The van der Waals surface area contributed by atoms with Gasteiger partial charge >= 0.3 is 0 Å². The molecule has 0 N–H and O–H groups in total. The Kier molecular flexibility index (Phi) is 20.3. The van der Waals surface area contributed by atoms with Crippen LogP contribution in [-0.2, 0) is 60.3 Å². The first-order chi connectivity index (χ1) is 45.9. The summed E-state index contributed by atoms with van der Waals surface area (Å²) in [5, 5.41) is 9.65. The molecule has 0 atom stereocenters. The summed E-state index contributed by atoms with van der Waals surface area (Å²) >= 11 is 0. The van der Waals surface area contributed by atoms with Crippen LogP contribution >= 0.6 is 0 Å². The Labute approximate surface area is 598 Å². The first-order valence-corrected chi connectivity index (χ1v) is 31.2. The van der Waals surface area contributed by atoms with Crippen LogP contribution < -0.4 is 0 Å². The average Bonchev–Trinajstić information content (AvgIpc) is 1.60. The predicted octanol–water partition coefficient (Wildman–Crippen LogP) is 22.0. The molecule has 96 heavy (non-hydrogen) atoms. The van der Waals surface area contributed by atoms with Gasteiger partial charge in [0.05, 0.1) is 27.9 Å². The van der Waals surface area contributed by atoms with E-state index in [9.17, 15) is 0 Å². The van der Waals surface area contributed by atoms with Crippen LogP contribution in [0.25, 0.3) is 138 Å². The largest absolute Gasteiger partial charge is 0.456 e. The molecular formula is C86H61Ir3N6O-3. The van der Waals surface area contributed by atoms with Gasteiger partial charge in [-0.15, -0.1) is 108 Å². The topological polar surface area (TPSA) is 66.6 Å². The molecule has 7 nitrogen and oxygen atoms in total. The van der Waals surface area contributed by atoms with Gasteiger partial charge in [0, 0.05) is 134 Å². The molecule has 0 bridgehead atoms. The molecule has 0 saturated heterocycles. The van der Waals surface area contributed by atoms with E-state index in [4.69, 9.17) is 4.42 Å². The van der Waals surface area contributed by atoms with Crippen LogP contribution in [0.3, 0.4) is 0 Å². The second-order valence-electron chi connectivity index (χ2n) is 23.1. The number of pyridine rings is 2. The molecule has 6 aromatic heterocycles. The fourth-order valence-electron chi connectivity index (χ4n) is 13.0. The molecule has 18 rings (SSSR count). The van der Waals surface area contributed by atoms with Crippen LogP contribution in [-0.4, -0.2) is 28.7 Å². The molecule has 0 fully saturated rings. The normalized spacial score (nSPS) is 10.8. The number of imidazole rings is 1. The van der Waals surface area contributed by atoms with Gasteiger partial charge in [0.2, 0.25) is 0 Å². The second-order valence-corrected chi connectivity index (χ2v) is 23.1. The number of furan rings is 1. The summed E-state index contributed by atoms with van der Waals surface area (Å²) in [4.78, 5) is 13.2. The van der Waals surface area contributed by atoms with Crippen molar-refractivity contribution >= 4 is 76.3 Å². The molecule has 18 aromatic rings. The number of aromatic nitrogens is 6. The molecule has 0 aliphatic rings. The van der Waals surface area contributed by atoms with E-state index in [1.807, 2.05) is 128 Å². The van der Waals surface area contributed by atoms with E-state index in [0.29, 0.717) is 0 Å². The number of nitrogens with zero attached hydrogens (tertiary/aromatic N) is 6. The van der Waals surface area contributed by atoms with Crippen molar-refractivity contribution in [2.45, 2.75) is 20.8 Å². The van der Waals surface area contributed by atoms with Gasteiger partial charge in [0.1, 0.15) is 11.2 Å². The fourth-order valence-corrected chi connectivity index (χ4v) is 13.0. The van der Waals surface area contributed by atoms with Crippen LogP contribution in [0.1, 0.15) is 16.7 Å². The molecule has 471 valence electrons. The molecular weight excluding hydrogens is 1710 g/mol. The van der Waals surface area contributed by atoms with E-state index >= 15 is 0 Å². The van der Waals surface area contributed by atoms with E-state index in [0.717, 1.165) is 61.5 Å². The number of rotatable bonds is 7. The monoisotopic (exact) mass is 1770 g/mol. The molecule has 0 unspecified atom stereocenters. The third-order valence-electron chi connectivity index (χ3n) is 17.1.